The van der Waals surface area contributed by atoms with Gasteiger partial charge in [0.15, 0.2) is 0 Å². The van der Waals surface area contributed by atoms with Crippen molar-refractivity contribution in [2.45, 2.75) is 11.1 Å². The summed E-state index contributed by atoms with van der Waals surface area (Å²) in [5.41, 5.74) is 0. The molecule has 0 aromatic heterocycles. The molecule has 1 aliphatic rings. The average molecular weight is 450 g/mol. The third-order valence-electron chi connectivity index (χ3n) is 3.60. The summed E-state index contributed by atoms with van der Waals surface area (Å²) in [6, 6.07) is 6.23. The van der Waals surface area contributed by atoms with Crippen molar-refractivity contribution in [1.29, 1.82) is 0 Å². The number of carbonyl (C=O) groups is 2. The zero-order valence-electron chi connectivity index (χ0n) is 14.1. The number of rotatable bonds is 7. The topological polar surface area (TPSA) is 114 Å². The number of carbonyl (C=O) groups excluding carboxylic acids is 2. The van der Waals surface area contributed by atoms with Gasteiger partial charge in [0.2, 0.25) is 10.0 Å². The smallest absolute Gasteiger partial charge is 0.309 e. The maximum Gasteiger partial charge on any atom is 0.309 e. The van der Waals surface area contributed by atoms with Crippen molar-refractivity contribution in [3.05, 3.63) is 28.7 Å². The lowest BCUT2D eigenvalue weighted by Gasteiger charge is -2.22. The molecule has 1 heterocycles. The highest BCUT2D eigenvalue weighted by atomic mass is 79.9. The molecule has 144 valence electrons. The van der Waals surface area contributed by atoms with Crippen molar-refractivity contribution in [2.24, 2.45) is 0 Å². The molecule has 1 aromatic rings. The van der Waals surface area contributed by atoms with Gasteiger partial charge >= 0.3 is 11.8 Å². The normalized spacial score (nSPS) is 17.8. The first-order valence-corrected chi connectivity index (χ1v) is 10.0. The molecule has 1 aromatic carbocycles. The van der Waals surface area contributed by atoms with Gasteiger partial charge in [-0.3, -0.25) is 9.59 Å². The van der Waals surface area contributed by atoms with Crippen molar-refractivity contribution in [1.82, 2.24) is 14.9 Å². The Kier molecular flexibility index (Phi) is 7.53. The van der Waals surface area contributed by atoms with Gasteiger partial charge in [-0.2, -0.15) is 4.31 Å². The van der Waals surface area contributed by atoms with Crippen LogP contribution in [0.4, 0.5) is 0 Å². The van der Waals surface area contributed by atoms with Crippen molar-refractivity contribution in [2.75, 3.05) is 40.0 Å². The molecule has 2 rings (SSSR count). The molecule has 0 radical (unpaired) electrons. The van der Waals surface area contributed by atoms with E-state index in [1.807, 2.05) is 0 Å². The lowest BCUT2D eigenvalue weighted by atomic mass is 10.4. The number of hydrogen-bond acceptors (Lipinski definition) is 6. The van der Waals surface area contributed by atoms with Gasteiger partial charge < -0.3 is 20.1 Å². The highest BCUT2D eigenvalue weighted by molar-refractivity contribution is 9.10. The summed E-state index contributed by atoms with van der Waals surface area (Å²) >= 11 is 3.26. The Hall–Kier alpha value is -1.53. The summed E-state index contributed by atoms with van der Waals surface area (Å²) in [5.74, 6) is -1.68. The van der Waals surface area contributed by atoms with E-state index in [2.05, 4.69) is 26.6 Å². The quantitative estimate of drug-likeness (QED) is 0.435. The number of halogens is 1. The van der Waals surface area contributed by atoms with Crippen molar-refractivity contribution >= 4 is 37.8 Å². The Morgan fingerprint density at radius 2 is 1.92 bits per heavy atom. The van der Waals surface area contributed by atoms with Crippen LogP contribution in [0.1, 0.15) is 0 Å². The Morgan fingerprint density at radius 1 is 1.27 bits per heavy atom. The van der Waals surface area contributed by atoms with Crippen LogP contribution in [0.2, 0.25) is 0 Å². The maximum absolute atomic E-state index is 12.7. The number of benzene rings is 1. The van der Waals surface area contributed by atoms with Gasteiger partial charge in [0, 0.05) is 24.7 Å². The molecule has 2 N–H and O–H groups in total. The number of nitrogens with one attached hydrogen (secondary N) is 2. The molecule has 1 aliphatic heterocycles. The summed E-state index contributed by atoms with van der Waals surface area (Å²) in [4.78, 5) is 23.5. The number of sulfonamides is 1. The van der Waals surface area contributed by atoms with E-state index < -0.39 is 28.1 Å². The zero-order valence-corrected chi connectivity index (χ0v) is 16.5. The van der Waals surface area contributed by atoms with Crippen LogP contribution < -0.4 is 10.6 Å². The van der Waals surface area contributed by atoms with E-state index in [0.29, 0.717) is 0 Å². The number of nitrogens with zero attached hydrogens (tertiary/aromatic N) is 1. The molecule has 1 atom stereocenters. The predicted octanol–water partition coefficient (Wildman–Crippen LogP) is -0.325. The van der Waals surface area contributed by atoms with Crippen molar-refractivity contribution in [3.63, 3.8) is 0 Å². The fraction of sp³-hybridized carbons (Fsp3) is 0.467. The lowest BCUT2D eigenvalue weighted by molar-refractivity contribution is -0.139. The Balaban J connectivity index is 1.96. The van der Waals surface area contributed by atoms with Crippen LogP contribution in [0.5, 0.6) is 0 Å². The third kappa shape index (κ3) is 5.24. The van der Waals surface area contributed by atoms with E-state index >= 15 is 0 Å². The SMILES string of the molecule is COCCNC(=O)C(=O)NC[C@@H]1OCCN1S(=O)(=O)c1ccc(Br)cc1. The molecular formula is C15H20BrN3O6S. The number of methoxy groups -OCH3 is 1. The largest absolute Gasteiger partial charge is 0.383 e. The molecule has 0 spiro atoms. The molecule has 11 heteroatoms. The Morgan fingerprint density at radius 3 is 2.58 bits per heavy atom. The van der Waals surface area contributed by atoms with Crippen LogP contribution in [-0.4, -0.2) is 70.7 Å². The van der Waals surface area contributed by atoms with E-state index in [0.717, 1.165) is 4.47 Å². The highest BCUT2D eigenvalue weighted by Gasteiger charge is 2.36. The molecule has 0 aliphatic carbocycles. The number of amides is 2. The second-order valence-electron chi connectivity index (χ2n) is 5.35. The Labute approximate surface area is 160 Å². The monoisotopic (exact) mass is 449 g/mol. The molecule has 0 bridgehead atoms. The minimum absolute atomic E-state index is 0.125. The molecule has 2 amide bonds. The second kappa shape index (κ2) is 9.42. The van der Waals surface area contributed by atoms with E-state index in [9.17, 15) is 18.0 Å². The van der Waals surface area contributed by atoms with Gasteiger partial charge in [0.1, 0.15) is 6.23 Å². The molecule has 0 saturated carbocycles. The lowest BCUT2D eigenvalue weighted by Crippen LogP contribution is -2.47. The fourth-order valence-corrected chi connectivity index (χ4v) is 4.07. The third-order valence-corrected chi connectivity index (χ3v) is 6.03. The van der Waals surface area contributed by atoms with E-state index in [1.54, 1.807) is 12.1 Å². The first-order chi connectivity index (χ1) is 12.4. The fourth-order valence-electron chi connectivity index (χ4n) is 2.29. The van der Waals surface area contributed by atoms with E-state index in [4.69, 9.17) is 9.47 Å². The average Bonchev–Trinajstić information content (AvgIpc) is 3.09. The van der Waals surface area contributed by atoms with Gasteiger partial charge in [-0.25, -0.2) is 8.42 Å². The Bertz CT molecular complexity index is 740. The van der Waals surface area contributed by atoms with Crippen LogP contribution >= 0.6 is 15.9 Å². The van der Waals surface area contributed by atoms with Crippen molar-refractivity contribution < 1.29 is 27.5 Å². The van der Waals surface area contributed by atoms with Crippen LogP contribution in [0, 0.1) is 0 Å². The zero-order chi connectivity index (χ0) is 19.2. The van der Waals surface area contributed by atoms with Crippen LogP contribution in [0.25, 0.3) is 0 Å². The van der Waals surface area contributed by atoms with Gasteiger partial charge in [0.05, 0.1) is 24.7 Å². The molecule has 9 nitrogen and oxygen atoms in total. The molecule has 26 heavy (non-hydrogen) atoms. The maximum atomic E-state index is 12.7. The van der Waals surface area contributed by atoms with Crippen LogP contribution in [0.15, 0.2) is 33.6 Å². The van der Waals surface area contributed by atoms with Gasteiger partial charge in [0.25, 0.3) is 0 Å². The van der Waals surface area contributed by atoms with Crippen LogP contribution in [0.3, 0.4) is 0 Å². The minimum Gasteiger partial charge on any atom is -0.383 e. The summed E-state index contributed by atoms with van der Waals surface area (Å²) < 4.78 is 37.6. The standard InChI is InChI=1S/C15H20BrN3O6S/c1-24-8-6-17-14(20)15(21)18-10-13-19(7-9-25-13)26(22,23)12-4-2-11(16)3-5-12/h2-5,13H,6-10H2,1H3,(H,17,20)(H,18,21)/t13-/m0/s1. The molecule has 1 saturated heterocycles. The summed E-state index contributed by atoms with van der Waals surface area (Å²) in [6.45, 7) is 0.721. The summed E-state index contributed by atoms with van der Waals surface area (Å²) in [7, 11) is -2.29. The summed E-state index contributed by atoms with van der Waals surface area (Å²) in [6.07, 6.45) is -0.876. The predicted molar refractivity (Wildman–Crippen MR) is 95.7 cm³/mol. The molecule has 1 fully saturated rings. The molecular weight excluding hydrogens is 430 g/mol. The van der Waals surface area contributed by atoms with Crippen LogP contribution in [-0.2, 0) is 29.1 Å². The number of ether oxygens (including phenoxy) is 2. The van der Waals surface area contributed by atoms with E-state index in [1.165, 1.54) is 23.5 Å². The molecule has 0 unspecified atom stereocenters. The summed E-state index contributed by atoms with van der Waals surface area (Å²) in [5, 5.41) is 4.76. The van der Waals surface area contributed by atoms with E-state index in [-0.39, 0.29) is 37.7 Å². The number of hydrogen-bond donors (Lipinski definition) is 2. The van der Waals surface area contributed by atoms with Gasteiger partial charge in [-0.05, 0) is 24.3 Å². The minimum atomic E-state index is -3.77. The highest BCUT2D eigenvalue weighted by Crippen LogP contribution is 2.23. The first-order valence-electron chi connectivity index (χ1n) is 7.80. The van der Waals surface area contributed by atoms with Crippen molar-refractivity contribution in [3.8, 4) is 0 Å². The van der Waals surface area contributed by atoms with Gasteiger partial charge in [-0.1, -0.05) is 15.9 Å². The second-order valence-corrected chi connectivity index (χ2v) is 8.16. The first kappa shape index (κ1) is 20.8. The van der Waals surface area contributed by atoms with Gasteiger partial charge in [-0.15, -0.1) is 0 Å².